The molecule has 0 atom stereocenters. The molecule has 9 heteroatoms. The van der Waals surface area contributed by atoms with Crippen molar-refractivity contribution >= 4 is 66.6 Å². The Bertz CT molecular complexity index is 1290. The average molecular weight is 605 g/mol. The number of amides is 2. The van der Waals surface area contributed by atoms with Gasteiger partial charge in [0, 0.05) is 10.0 Å². The number of carbonyl (C=O) groups excluding carboxylic acids is 3. The first-order chi connectivity index (χ1) is 16.3. The van der Waals surface area contributed by atoms with Crippen molar-refractivity contribution in [2.75, 3.05) is 6.54 Å². The van der Waals surface area contributed by atoms with Crippen molar-refractivity contribution in [3.05, 3.63) is 103 Å². The van der Waals surface area contributed by atoms with Gasteiger partial charge in [0.15, 0.2) is 5.78 Å². The van der Waals surface area contributed by atoms with Crippen molar-refractivity contribution in [1.82, 2.24) is 4.90 Å². The van der Waals surface area contributed by atoms with E-state index in [9.17, 15) is 18.8 Å². The van der Waals surface area contributed by atoms with Crippen LogP contribution in [0.5, 0.6) is 5.75 Å². The highest BCUT2D eigenvalue weighted by Crippen LogP contribution is 2.34. The van der Waals surface area contributed by atoms with Gasteiger partial charge in [-0.2, -0.15) is 0 Å². The van der Waals surface area contributed by atoms with Gasteiger partial charge in [0.25, 0.3) is 11.1 Å². The molecule has 172 valence electrons. The molecule has 3 aromatic rings. The zero-order valence-electron chi connectivity index (χ0n) is 17.5. The number of carbonyl (C=O) groups is 3. The van der Waals surface area contributed by atoms with E-state index in [1.54, 1.807) is 60.7 Å². The molecule has 0 saturated carbocycles. The number of hydrogen-bond acceptors (Lipinski definition) is 5. The molecule has 0 radical (unpaired) electrons. The second-order valence-corrected chi connectivity index (χ2v) is 10.1. The summed E-state index contributed by atoms with van der Waals surface area (Å²) in [6.45, 7) is -0.0486. The van der Waals surface area contributed by atoms with Crippen LogP contribution in [0, 0.1) is 5.82 Å². The predicted octanol–water partition coefficient (Wildman–Crippen LogP) is 6.85. The van der Waals surface area contributed by atoms with Gasteiger partial charge in [-0.05, 0) is 81.3 Å². The molecule has 0 N–H and O–H groups in total. The van der Waals surface area contributed by atoms with Crippen LogP contribution in [-0.2, 0) is 11.4 Å². The molecule has 5 nitrogen and oxygen atoms in total. The molecular weight excluding hydrogens is 589 g/mol. The summed E-state index contributed by atoms with van der Waals surface area (Å²) in [7, 11) is 0. The van der Waals surface area contributed by atoms with Crippen LogP contribution >= 0.6 is 43.6 Å². The third-order valence-electron chi connectivity index (χ3n) is 4.90. The fourth-order valence-corrected chi connectivity index (χ4v) is 4.74. The van der Waals surface area contributed by atoms with E-state index in [2.05, 4.69) is 31.9 Å². The van der Waals surface area contributed by atoms with Crippen molar-refractivity contribution in [2.24, 2.45) is 0 Å². The Labute approximate surface area is 216 Å². The summed E-state index contributed by atoms with van der Waals surface area (Å²) in [5.41, 5.74) is 1.93. The highest BCUT2D eigenvalue weighted by molar-refractivity contribution is 9.10. The predicted molar refractivity (Wildman–Crippen MR) is 136 cm³/mol. The van der Waals surface area contributed by atoms with Crippen LogP contribution in [0.1, 0.15) is 21.5 Å². The quantitative estimate of drug-likeness (QED) is 0.218. The maximum absolute atomic E-state index is 13.0. The molecular formula is C25H16Br2FNO4S. The number of imide groups is 1. The van der Waals surface area contributed by atoms with Gasteiger partial charge in [-0.15, -0.1) is 0 Å². The smallest absolute Gasteiger partial charge is 0.293 e. The fourth-order valence-electron chi connectivity index (χ4n) is 3.12. The van der Waals surface area contributed by atoms with E-state index in [-0.39, 0.29) is 29.7 Å². The number of ether oxygens (including phenoxy) is 1. The summed E-state index contributed by atoms with van der Waals surface area (Å²) in [6.07, 6.45) is 1.60. The van der Waals surface area contributed by atoms with Gasteiger partial charge in [0.2, 0.25) is 0 Å². The lowest BCUT2D eigenvalue weighted by Gasteiger charge is -2.11. The van der Waals surface area contributed by atoms with Gasteiger partial charge < -0.3 is 4.74 Å². The van der Waals surface area contributed by atoms with E-state index in [1.165, 1.54) is 12.1 Å². The zero-order valence-corrected chi connectivity index (χ0v) is 21.5. The van der Waals surface area contributed by atoms with Crippen molar-refractivity contribution in [3.63, 3.8) is 0 Å². The van der Waals surface area contributed by atoms with Crippen LogP contribution in [-0.4, -0.2) is 28.4 Å². The van der Waals surface area contributed by atoms with Crippen LogP contribution in [0.15, 0.2) is 80.6 Å². The summed E-state index contributed by atoms with van der Waals surface area (Å²) in [5.74, 6) is -0.555. The molecule has 0 aliphatic carbocycles. The number of thioether (sulfide) groups is 1. The minimum absolute atomic E-state index is 0.237. The first-order valence-electron chi connectivity index (χ1n) is 10.0. The minimum Gasteiger partial charge on any atom is -0.488 e. The van der Waals surface area contributed by atoms with Crippen molar-refractivity contribution < 1.29 is 23.5 Å². The average Bonchev–Trinajstić information content (AvgIpc) is 3.07. The Kier molecular flexibility index (Phi) is 7.65. The number of hydrogen-bond donors (Lipinski definition) is 0. The molecule has 1 heterocycles. The minimum atomic E-state index is -0.506. The first-order valence-corrected chi connectivity index (χ1v) is 12.4. The van der Waals surface area contributed by atoms with E-state index in [1.807, 2.05) is 0 Å². The molecule has 2 amide bonds. The number of nitrogens with zero attached hydrogens (tertiary/aromatic N) is 1. The lowest BCUT2D eigenvalue weighted by molar-refractivity contribution is -0.122. The SMILES string of the molecule is O=C(CN1C(=O)S/C(=C\c2ccc(OCc3ccc(F)cc3)c(Br)c2)C1=O)c1ccc(Br)cc1. The zero-order chi connectivity index (χ0) is 24.2. The van der Waals surface area contributed by atoms with E-state index < -0.39 is 11.1 Å². The molecule has 0 unspecified atom stereocenters. The van der Waals surface area contributed by atoms with Crippen LogP contribution in [0.3, 0.4) is 0 Å². The lowest BCUT2D eigenvalue weighted by atomic mass is 10.1. The Morgan fingerprint density at radius 3 is 2.38 bits per heavy atom. The third kappa shape index (κ3) is 5.84. The molecule has 0 spiro atoms. The molecule has 1 saturated heterocycles. The molecule has 1 aliphatic heterocycles. The van der Waals surface area contributed by atoms with E-state index in [0.29, 0.717) is 21.3 Å². The number of halogens is 3. The van der Waals surface area contributed by atoms with E-state index in [0.717, 1.165) is 26.7 Å². The first kappa shape index (κ1) is 24.4. The lowest BCUT2D eigenvalue weighted by Crippen LogP contribution is -2.33. The molecule has 1 fully saturated rings. The number of benzene rings is 3. The maximum atomic E-state index is 13.0. The van der Waals surface area contributed by atoms with Crippen LogP contribution in [0.25, 0.3) is 6.08 Å². The largest absolute Gasteiger partial charge is 0.488 e. The summed E-state index contributed by atoms with van der Waals surface area (Å²) in [5, 5.41) is -0.486. The number of ketones is 1. The van der Waals surface area contributed by atoms with Crippen LogP contribution < -0.4 is 4.74 Å². The second-order valence-electron chi connectivity index (χ2n) is 7.30. The number of Topliss-reactive ketones (excluding diaryl/α,β-unsaturated/α-hetero) is 1. The van der Waals surface area contributed by atoms with Crippen molar-refractivity contribution in [3.8, 4) is 5.75 Å². The normalized spacial score (nSPS) is 14.7. The molecule has 34 heavy (non-hydrogen) atoms. The molecule has 1 aliphatic rings. The topological polar surface area (TPSA) is 63.7 Å². The summed E-state index contributed by atoms with van der Waals surface area (Å²) in [4.78, 5) is 38.8. The van der Waals surface area contributed by atoms with Gasteiger partial charge in [0.1, 0.15) is 18.2 Å². The van der Waals surface area contributed by atoms with Crippen LogP contribution in [0.2, 0.25) is 0 Å². The Morgan fingerprint density at radius 2 is 1.71 bits per heavy atom. The summed E-state index contributed by atoms with van der Waals surface area (Å²) < 4.78 is 20.3. The number of rotatable bonds is 7. The second kappa shape index (κ2) is 10.7. The van der Waals surface area contributed by atoms with Gasteiger partial charge in [0.05, 0.1) is 15.9 Å². The van der Waals surface area contributed by atoms with Gasteiger partial charge in [-0.3, -0.25) is 19.3 Å². The van der Waals surface area contributed by atoms with Gasteiger partial charge in [-0.1, -0.05) is 46.3 Å². The standard InChI is InChI=1S/C25H16Br2FNO4S/c26-18-6-4-17(5-7-18)21(30)13-29-24(31)23(34-25(29)32)12-16-3-10-22(20(27)11-16)33-14-15-1-8-19(28)9-2-15/h1-12H,13-14H2/b23-12-. The van der Waals surface area contributed by atoms with Crippen molar-refractivity contribution in [2.45, 2.75) is 6.61 Å². The summed E-state index contributed by atoms with van der Waals surface area (Å²) >= 11 is 7.56. The molecule has 4 rings (SSSR count). The van der Waals surface area contributed by atoms with Crippen LogP contribution in [0.4, 0.5) is 9.18 Å². The Morgan fingerprint density at radius 1 is 1.00 bits per heavy atom. The third-order valence-corrected chi connectivity index (χ3v) is 6.96. The van der Waals surface area contributed by atoms with E-state index >= 15 is 0 Å². The molecule has 0 aromatic heterocycles. The van der Waals surface area contributed by atoms with Crippen molar-refractivity contribution in [1.29, 1.82) is 0 Å². The van der Waals surface area contributed by atoms with Gasteiger partial charge in [-0.25, -0.2) is 4.39 Å². The van der Waals surface area contributed by atoms with E-state index in [4.69, 9.17) is 4.74 Å². The Balaban J connectivity index is 1.43. The highest BCUT2D eigenvalue weighted by atomic mass is 79.9. The molecule has 3 aromatic carbocycles. The summed E-state index contributed by atoms with van der Waals surface area (Å²) in [6, 6.07) is 18.0. The maximum Gasteiger partial charge on any atom is 0.293 e. The molecule has 0 bridgehead atoms. The monoisotopic (exact) mass is 603 g/mol. The van der Waals surface area contributed by atoms with Gasteiger partial charge >= 0.3 is 0 Å². The fraction of sp³-hybridized carbons (Fsp3) is 0.0800. The highest BCUT2D eigenvalue weighted by Gasteiger charge is 2.36. The Hall–Kier alpha value is -2.75.